The molecule has 1 heterocycles. The van der Waals surface area contributed by atoms with Gasteiger partial charge in [-0.05, 0) is 31.7 Å². The van der Waals surface area contributed by atoms with Gasteiger partial charge in [0.15, 0.2) is 0 Å². The molecule has 0 spiro atoms. The van der Waals surface area contributed by atoms with Crippen LogP contribution in [0.5, 0.6) is 6.01 Å². The molecular formula is C14H19N3O. The van der Waals surface area contributed by atoms with Crippen LogP contribution in [0.2, 0.25) is 0 Å². The second-order valence-electron chi connectivity index (χ2n) is 4.96. The number of hydrogen-bond acceptors (Lipinski definition) is 4. The predicted octanol–water partition coefficient (Wildman–Crippen LogP) is 3.01. The highest BCUT2D eigenvalue weighted by atomic mass is 16.5. The van der Waals surface area contributed by atoms with Crippen LogP contribution in [0.4, 0.5) is 0 Å². The van der Waals surface area contributed by atoms with Crippen molar-refractivity contribution < 1.29 is 4.74 Å². The van der Waals surface area contributed by atoms with Gasteiger partial charge in [0.1, 0.15) is 11.8 Å². The maximum atomic E-state index is 8.84. The Morgan fingerprint density at radius 3 is 2.67 bits per heavy atom. The molecule has 96 valence electrons. The highest BCUT2D eigenvalue weighted by molar-refractivity contribution is 5.23. The van der Waals surface area contributed by atoms with Crippen molar-refractivity contribution in [3.8, 4) is 12.1 Å². The van der Waals surface area contributed by atoms with E-state index in [1.165, 1.54) is 38.5 Å². The quantitative estimate of drug-likeness (QED) is 0.768. The summed E-state index contributed by atoms with van der Waals surface area (Å²) in [6, 6.07) is 4.03. The molecule has 0 amide bonds. The van der Waals surface area contributed by atoms with Crippen molar-refractivity contribution in [2.24, 2.45) is 5.92 Å². The van der Waals surface area contributed by atoms with Crippen LogP contribution in [0.25, 0.3) is 0 Å². The number of aromatic nitrogens is 2. The van der Waals surface area contributed by atoms with Crippen LogP contribution in [0.15, 0.2) is 6.07 Å². The molecule has 1 aromatic rings. The van der Waals surface area contributed by atoms with E-state index in [1.807, 2.05) is 13.0 Å². The van der Waals surface area contributed by atoms with E-state index in [0.717, 1.165) is 5.69 Å². The lowest BCUT2D eigenvalue weighted by atomic mass is 10.0. The van der Waals surface area contributed by atoms with Crippen molar-refractivity contribution >= 4 is 0 Å². The average molecular weight is 245 g/mol. The maximum absolute atomic E-state index is 8.84. The van der Waals surface area contributed by atoms with Crippen molar-refractivity contribution in [3.05, 3.63) is 17.5 Å². The second kappa shape index (κ2) is 6.34. The lowest BCUT2D eigenvalue weighted by Gasteiger charge is -2.14. The highest BCUT2D eigenvalue weighted by Gasteiger charge is 2.14. The topological polar surface area (TPSA) is 58.8 Å². The van der Waals surface area contributed by atoms with Gasteiger partial charge in [0.25, 0.3) is 0 Å². The number of rotatable bonds is 3. The van der Waals surface area contributed by atoms with Crippen LogP contribution in [0.3, 0.4) is 0 Å². The number of aryl methyl sites for hydroxylation is 1. The van der Waals surface area contributed by atoms with Crippen LogP contribution in [-0.2, 0) is 0 Å². The molecular weight excluding hydrogens is 226 g/mol. The SMILES string of the molecule is Cc1cc(C#N)nc(OCC2CCCCCC2)n1. The Labute approximate surface area is 108 Å². The fraction of sp³-hybridized carbons (Fsp3) is 0.643. The van der Waals surface area contributed by atoms with Crippen LogP contribution in [0, 0.1) is 24.2 Å². The third-order valence-corrected chi connectivity index (χ3v) is 3.37. The van der Waals surface area contributed by atoms with Gasteiger partial charge in [-0.3, -0.25) is 0 Å². The predicted molar refractivity (Wildman–Crippen MR) is 68.2 cm³/mol. The fourth-order valence-electron chi connectivity index (χ4n) is 2.39. The highest BCUT2D eigenvalue weighted by Crippen LogP contribution is 2.23. The summed E-state index contributed by atoms with van der Waals surface area (Å²) in [5, 5.41) is 8.84. The third-order valence-electron chi connectivity index (χ3n) is 3.37. The van der Waals surface area contributed by atoms with Crippen molar-refractivity contribution in [1.82, 2.24) is 9.97 Å². The van der Waals surface area contributed by atoms with Crippen molar-refractivity contribution in [1.29, 1.82) is 5.26 Å². The van der Waals surface area contributed by atoms with Gasteiger partial charge in [-0.1, -0.05) is 25.7 Å². The molecule has 0 aliphatic heterocycles. The summed E-state index contributed by atoms with van der Waals surface area (Å²) in [4.78, 5) is 8.27. The number of ether oxygens (including phenoxy) is 1. The van der Waals surface area contributed by atoms with Gasteiger partial charge in [0, 0.05) is 5.69 Å². The summed E-state index contributed by atoms with van der Waals surface area (Å²) < 4.78 is 5.65. The Kier molecular flexibility index (Phi) is 4.52. The molecule has 4 heteroatoms. The Bertz CT molecular complexity index is 431. The Morgan fingerprint density at radius 1 is 1.28 bits per heavy atom. The fourth-order valence-corrected chi connectivity index (χ4v) is 2.39. The lowest BCUT2D eigenvalue weighted by molar-refractivity contribution is 0.217. The number of hydrogen-bond donors (Lipinski definition) is 0. The first kappa shape index (κ1) is 12.8. The monoisotopic (exact) mass is 245 g/mol. The van der Waals surface area contributed by atoms with Gasteiger partial charge < -0.3 is 4.74 Å². The Morgan fingerprint density at radius 2 is 2.00 bits per heavy atom. The molecule has 1 aromatic heterocycles. The van der Waals surface area contributed by atoms with Crippen molar-refractivity contribution in [3.63, 3.8) is 0 Å². The van der Waals surface area contributed by atoms with Crippen LogP contribution in [0.1, 0.15) is 49.9 Å². The normalized spacial score (nSPS) is 16.9. The zero-order valence-corrected chi connectivity index (χ0v) is 10.9. The van der Waals surface area contributed by atoms with Gasteiger partial charge in [0.05, 0.1) is 6.61 Å². The van der Waals surface area contributed by atoms with E-state index in [9.17, 15) is 0 Å². The van der Waals surface area contributed by atoms with Crippen LogP contribution < -0.4 is 4.74 Å². The summed E-state index contributed by atoms with van der Waals surface area (Å²) in [5.41, 5.74) is 1.15. The molecule has 4 nitrogen and oxygen atoms in total. The molecule has 0 atom stereocenters. The van der Waals surface area contributed by atoms with Gasteiger partial charge in [-0.15, -0.1) is 0 Å². The van der Waals surface area contributed by atoms with E-state index in [4.69, 9.17) is 10.00 Å². The lowest BCUT2D eigenvalue weighted by Crippen LogP contribution is -2.13. The Hall–Kier alpha value is -1.63. The van der Waals surface area contributed by atoms with Crippen molar-refractivity contribution in [2.45, 2.75) is 45.4 Å². The van der Waals surface area contributed by atoms with Gasteiger partial charge in [0.2, 0.25) is 0 Å². The van der Waals surface area contributed by atoms with E-state index in [-0.39, 0.29) is 0 Å². The Balaban J connectivity index is 1.93. The molecule has 0 radical (unpaired) electrons. The first-order valence-corrected chi connectivity index (χ1v) is 6.66. The maximum Gasteiger partial charge on any atom is 0.317 e. The summed E-state index contributed by atoms with van der Waals surface area (Å²) in [5.74, 6) is 0.613. The largest absolute Gasteiger partial charge is 0.463 e. The minimum Gasteiger partial charge on any atom is -0.463 e. The number of nitrogens with zero attached hydrogens (tertiary/aromatic N) is 3. The molecule has 0 bridgehead atoms. The smallest absolute Gasteiger partial charge is 0.317 e. The summed E-state index contributed by atoms with van der Waals surface area (Å²) in [6.07, 6.45) is 7.75. The first-order chi connectivity index (χ1) is 8.78. The van der Waals surface area contributed by atoms with E-state index < -0.39 is 0 Å². The molecule has 1 aliphatic rings. The van der Waals surface area contributed by atoms with E-state index in [0.29, 0.717) is 24.2 Å². The molecule has 1 aliphatic carbocycles. The molecule has 0 saturated heterocycles. The molecule has 0 aromatic carbocycles. The van der Waals surface area contributed by atoms with Crippen LogP contribution in [-0.4, -0.2) is 16.6 Å². The summed E-state index contributed by atoms with van der Waals surface area (Å²) in [7, 11) is 0. The zero-order chi connectivity index (χ0) is 12.8. The zero-order valence-electron chi connectivity index (χ0n) is 10.9. The standard InChI is InChI=1S/C14H19N3O/c1-11-8-13(9-15)17-14(16-11)18-10-12-6-4-2-3-5-7-12/h8,12H,2-7,10H2,1H3. The average Bonchev–Trinajstić information content (AvgIpc) is 2.64. The molecule has 0 N–H and O–H groups in total. The van der Waals surface area contributed by atoms with Crippen LogP contribution >= 0.6 is 0 Å². The minimum absolute atomic E-state index is 0.343. The summed E-state index contributed by atoms with van der Waals surface area (Å²) >= 11 is 0. The molecule has 1 saturated carbocycles. The molecule has 0 unspecified atom stereocenters. The van der Waals surface area contributed by atoms with Gasteiger partial charge >= 0.3 is 6.01 Å². The van der Waals surface area contributed by atoms with E-state index in [1.54, 1.807) is 6.07 Å². The van der Waals surface area contributed by atoms with Crippen molar-refractivity contribution in [2.75, 3.05) is 6.61 Å². The minimum atomic E-state index is 0.343. The summed E-state index contributed by atoms with van der Waals surface area (Å²) in [6.45, 7) is 2.52. The molecule has 1 fully saturated rings. The molecule has 2 rings (SSSR count). The third kappa shape index (κ3) is 3.69. The van der Waals surface area contributed by atoms with E-state index >= 15 is 0 Å². The molecule has 18 heavy (non-hydrogen) atoms. The van der Waals surface area contributed by atoms with Gasteiger partial charge in [-0.25, -0.2) is 4.98 Å². The second-order valence-corrected chi connectivity index (χ2v) is 4.96. The van der Waals surface area contributed by atoms with Gasteiger partial charge in [-0.2, -0.15) is 10.2 Å². The van der Waals surface area contributed by atoms with E-state index in [2.05, 4.69) is 9.97 Å². The number of nitriles is 1. The first-order valence-electron chi connectivity index (χ1n) is 6.66.